The summed E-state index contributed by atoms with van der Waals surface area (Å²) in [7, 11) is 0. The van der Waals surface area contributed by atoms with Gasteiger partial charge < -0.3 is 5.32 Å². The van der Waals surface area contributed by atoms with Gasteiger partial charge in [0.25, 0.3) is 0 Å². The number of fused-ring (bicyclic) bond motifs is 1. The van der Waals surface area contributed by atoms with E-state index in [1.54, 1.807) is 6.07 Å². The smallest absolute Gasteiger partial charge is 0.127 e. The molecule has 0 aromatic heterocycles. The summed E-state index contributed by atoms with van der Waals surface area (Å²) in [6, 6.07) is 21.6. The molecular formula is C18H16FN. The fraction of sp³-hybridized carbons (Fsp3) is 0.111. The van der Waals surface area contributed by atoms with E-state index in [1.807, 2.05) is 24.3 Å². The Morgan fingerprint density at radius 2 is 1.50 bits per heavy atom. The van der Waals surface area contributed by atoms with Crippen LogP contribution in [0.3, 0.4) is 0 Å². The van der Waals surface area contributed by atoms with Gasteiger partial charge in [-0.3, -0.25) is 0 Å². The van der Waals surface area contributed by atoms with Crippen molar-refractivity contribution in [2.45, 2.75) is 13.1 Å². The predicted octanol–water partition coefficient (Wildman–Crippen LogP) is 4.27. The molecule has 0 aliphatic heterocycles. The Morgan fingerprint density at radius 1 is 0.750 bits per heavy atom. The van der Waals surface area contributed by atoms with Crippen LogP contribution in [0.25, 0.3) is 10.8 Å². The molecule has 0 atom stereocenters. The van der Waals surface area contributed by atoms with Crippen LogP contribution in [-0.2, 0) is 13.1 Å². The average molecular weight is 265 g/mol. The third-order valence-corrected chi connectivity index (χ3v) is 3.42. The molecule has 0 amide bonds. The SMILES string of the molecule is Fc1ccccc1CNCc1ccc2ccccc2c1. The largest absolute Gasteiger partial charge is 0.309 e. The third kappa shape index (κ3) is 2.86. The fourth-order valence-electron chi connectivity index (χ4n) is 2.33. The van der Waals surface area contributed by atoms with Crippen molar-refractivity contribution in [1.29, 1.82) is 0 Å². The van der Waals surface area contributed by atoms with Crippen molar-refractivity contribution in [3.05, 3.63) is 83.7 Å². The molecule has 0 bridgehead atoms. The minimum absolute atomic E-state index is 0.154. The molecule has 100 valence electrons. The maximum Gasteiger partial charge on any atom is 0.127 e. The monoisotopic (exact) mass is 265 g/mol. The van der Waals surface area contributed by atoms with Gasteiger partial charge in [0.2, 0.25) is 0 Å². The summed E-state index contributed by atoms with van der Waals surface area (Å²) in [6.07, 6.45) is 0. The second-order valence-corrected chi connectivity index (χ2v) is 4.88. The maximum atomic E-state index is 13.5. The van der Waals surface area contributed by atoms with Crippen LogP contribution in [0.4, 0.5) is 4.39 Å². The number of hydrogen-bond acceptors (Lipinski definition) is 1. The summed E-state index contributed by atoms with van der Waals surface area (Å²) in [5.41, 5.74) is 1.91. The Labute approximate surface area is 118 Å². The van der Waals surface area contributed by atoms with Crippen LogP contribution in [0.5, 0.6) is 0 Å². The molecule has 2 heteroatoms. The first kappa shape index (κ1) is 12.8. The zero-order chi connectivity index (χ0) is 13.8. The lowest BCUT2D eigenvalue weighted by atomic mass is 10.1. The molecule has 20 heavy (non-hydrogen) atoms. The van der Waals surface area contributed by atoms with E-state index in [2.05, 4.69) is 35.6 Å². The minimum atomic E-state index is -0.154. The highest BCUT2D eigenvalue weighted by atomic mass is 19.1. The second-order valence-electron chi connectivity index (χ2n) is 4.88. The number of benzene rings is 3. The highest BCUT2D eigenvalue weighted by molar-refractivity contribution is 5.82. The van der Waals surface area contributed by atoms with Gasteiger partial charge in [-0.1, -0.05) is 54.6 Å². The van der Waals surface area contributed by atoms with Crippen LogP contribution >= 0.6 is 0 Å². The Balaban J connectivity index is 1.67. The zero-order valence-corrected chi connectivity index (χ0v) is 11.1. The number of hydrogen-bond donors (Lipinski definition) is 1. The Kier molecular flexibility index (Phi) is 3.75. The van der Waals surface area contributed by atoms with Gasteiger partial charge in [-0.15, -0.1) is 0 Å². The molecule has 1 nitrogen and oxygen atoms in total. The maximum absolute atomic E-state index is 13.5. The molecule has 0 saturated heterocycles. The standard InChI is InChI=1S/C18H16FN/c19-18-8-4-3-7-17(18)13-20-12-14-9-10-15-5-1-2-6-16(15)11-14/h1-11,20H,12-13H2. The van der Waals surface area contributed by atoms with Crippen LogP contribution in [-0.4, -0.2) is 0 Å². The van der Waals surface area contributed by atoms with Crippen molar-refractivity contribution >= 4 is 10.8 Å². The van der Waals surface area contributed by atoms with E-state index in [4.69, 9.17) is 0 Å². The van der Waals surface area contributed by atoms with E-state index in [9.17, 15) is 4.39 Å². The Hall–Kier alpha value is -2.19. The fourth-order valence-corrected chi connectivity index (χ4v) is 2.33. The van der Waals surface area contributed by atoms with Gasteiger partial charge in [0.05, 0.1) is 0 Å². The van der Waals surface area contributed by atoms with Gasteiger partial charge in [-0.05, 0) is 28.5 Å². The summed E-state index contributed by atoms with van der Waals surface area (Å²) in [4.78, 5) is 0. The molecule has 3 aromatic carbocycles. The lowest BCUT2D eigenvalue weighted by Crippen LogP contribution is -2.13. The van der Waals surface area contributed by atoms with Crippen molar-refractivity contribution < 1.29 is 4.39 Å². The number of nitrogens with one attached hydrogen (secondary N) is 1. The lowest BCUT2D eigenvalue weighted by Gasteiger charge is -2.07. The van der Waals surface area contributed by atoms with Gasteiger partial charge in [-0.25, -0.2) is 4.39 Å². The molecule has 0 heterocycles. The quantitative estimate of drug-likeness (QED) is 0.743. The van der Waals surface area contributed by atoms with Gasteiger partial charge in [0.15, 0.2) is 0 Å². The zero-order valence-electron chi connectivity index (χ0n) is 11.1. The van der Waals surface area contributed by atoms with Crippen molar-refractivity contribution in [2.75, 3.05) is 0 Å². The summed E-state index contributed by atoms with van der Waals surface area (Å²) in [5, 5.41) is 5.76. The molecule has 0 spiro atoms. The molecular weight excluding hydrogens is 249 g/mol. The molecule has 0 unspecified atom stereocenters. The molecule has 0 saturated carbocycles. The molecule has 1 N–H and O–H groups in total. The van der Waals surface area contributed by atoms with E-state index < -0.39 is 0 Å². The molecule has 0 radical (unpaired) electrons. The van der Waals surface area contributed by atoms with Gasteiger partial charge >= 0.3 is 0 Å². The Morgan fingerprint density at radius 3 is 2.35 bits per heavy atom. The van der Waals surface area contributed by atoms with E-state index >= 15 is 0 Å². The molecule has 0 fully saturated rings. The van der Waals surface area contributed by atoms with Crippen LogP contribution in [0.15, 0.2) is 66.7 Å². The van der Waals surface area contributed by atoms with Crippen molar-refractivity contribution in [1.82, 2.24) is 5.32 Å². The summed E-state index contributed by atoms with van der Waals surface area (Å²) in [6.45, 7) is 1.28. The first-order valence-corrected chi connectivity index (χ1v) is 6.75. The van der Waals surface area contributed by atoms with Crippen LogP contribution < -0.4 is 5.32 Å². The Bertz CT molecular complexity index is 721. The lowest BCUT2D eigenvalue weighted by molar-refractivity contribution is 0.588. The van der Waals surface area contributed by atoms with Crippen molar-refractivity contribution in [3.8, 4) is 0 Å². The summed E-state index contributed by atoms with van der Waals surface area (Å²) in [5.74, 6) is -0.154. The van der Waals surface area contributed by atoms with Gasteiger partial charge in [0, 0.05) is 18.7 Å². The first-order chi connectivity index (χ1) is 9.83. The topological polar surface area (TPSA) is 12.0 Å². The highest BCUT2D eigenvalue weighted by Crippen LogP contribution is 2.15. The normalized spacial score (nSPS) is 10.8. The van der Waals surface area contributed by atoms with E-state index in [0.717, 1.165) is 6.54 Å². The predicted molar refractivity (Wildman–Crippen MR) is 80.9 cm³/mol. The summed E-state index contributed by atoms with van der Waals surface area (Å²) >= 11 is 0. The second kappa shape index (κ2) is 5.85. The molecule has 3 rings (SSSR count). The minimum Gasteiger partial charge on any atom is -0.309 e. The first-order valence-electron chi connectivity index (χ1n) is 6.75. The highest BCUT2D eigenvalue weighted by Gasteiger charge is 2.00. The van der Waals surface area contributed by atoms with E-state index in [-0.39, 0.29) is 5.82 Å². The van der Waals surface area contributed by atoms with Crippen LogP contribution in [0, 0.1) is 5.82 Å². The summed E-state index contributed by atoms with van der Waals surface area (Å²) < 4.78 is 13.5. The number of rotatable bonds is 4. The molecule has 3 aromatic rings. The third-order valence-electron chi connectivity index (χ3n) is 3.42. The van der Waals surface area contributed by atoms with Gasteiger partial charge in [0.1, 0.15) is 5.82 Å². The van der Waals surface area contributed by atoms with Gasteiger partial charge in [-0.2, -0.15) is 0 Å². The van der Waals surface area contributed by atoms with E-state index in [1.165, 1.54) is 22.4 Å². The molecule has 0 aliphatic carbocycles. The van der Waals surface area contributed by atoms with Crippen LogP contribution in [0.2, 0.25) is 0 Å². The van der Waals surface area contributed by atoms with Crippen molar-refractivity contribution in [3.63, 3.8) is 0 Å². The van der Waals surface area contributed by atoms with E-state index in [0.29, 0.717) is 12.1 Å². The van der Waals surface area contributed by atoms with Crippen LogP contribution in [0.1, 0.15) is 11.1 Å². The average Bonchev–Trinajstić information content (AvgIpc) is 2.49. The number of halogens is 1. The van der Waals surface area contributed by atoms with Crippen molar-refractivity contribution in [2.24, 2.45) is 0 Å². The molecule has 0 aliphatic rings.